The second kappa shape index (κ2) is 6.97. The lowest BCUT2D eigenvalue weighted by atomic mass is 9.94. The summed E-state index contributed by atoms with van der Waals surface area (Å²) in [5.74, 6) is 0. The number of benzene rings is 1. The molecule has 1 saturated carbocycles. The van der Waals surface area contributed by atoms with E-state index in [1.807, 2.05) is 0 Å². The third-order valence-corrected chi connectivity index (χ3v) is 4.93. The molecule has 1 aromatic carbocycles. The van der Waals surface area contributed by atoms with Crippen LogP contribution in [-0.2, 0) is 0 Å². The van der Waals surface area contributed by atoms with Crippen LogP contribution in [-0.4, -0.2) is 31.3 Å². The Morgan fingerprint density at radius 3 is 2.58 bits per heavy atom. The van der Waals surface area contributed by atoms with Crippen molar-refractivity contribution in [1.82, 2.24) is 4.72 Å². The third-order valence-electron chi connectivity index (χ3n) is 3.44. The second-order valence-corrected chi connectivity index (χ2v) is 7.03. The Hall–Kier alpha value is -0.230. The first-order chi connectivity index (χ1) is 9.06. The van der Waals surface area contributed by atoms with Crippen LogP contribution < -0.4 is 9.62 Å². The van der Waals surface area contributed by atoms with Crippen LogP contribution >= 0.6 is 27.9 Å². The van der Waals surface area contributed by atoms with Crippen LogP contribution in [0.4, 0.5) is 5.69 Å². The number of hydrogen-bond donors (Lipinski definition) is 2. The molecule has 0 aliphatic heterocycles. The zero-order chi connectivity index (χ0) is 13.8. The number of aliphatic hydroxyl groups is 1. The van der Waals surface area contributed by atoms with Gasteiger partial charge in [0.1, 0.15) is 0 Å². The summed E-state index contributed by atoms with van der Waals surface area (Å²) < 4.78 is 4.64. The van der Waals surface area contributed by atoms with E-state index >= 15 is 0 Å². The zero-order valence-electron chi connectivity index (χ0n) is 11.4. The fourth-order valence-corrected chi connectivity index (χ4v) is 3.86. The van der Waals surface area contributed by atoms with Crippen LogP contribution in [0.2, 0.25) is 0 Å². The van der Waals surface area contributed by atoms with Gasteiger partial charge in [0.15, 0.2) is 0 Å². The van der Waals surface area contributed by atoms with Crippen molar-refractivity contribution in [2.45, 2.75) is 42.7 Å². The molecule has 0 saturated heterocycles. The summed E-state index contributed by atoms with van der Waals surface area (Å²) in [5, 5.41) is 9.52. The lowest BCUT2D eigenvalue weighted by molar-refractivity contribution is 0.121. The maximum Gasteiger partial charge on any atom is 0.0541 e. The van der Waals surface area contributed by atoms with Gasteiger partial charge in [0.05, 0.1) is 11.8 Å². The van der Waals surface area contributed by atoms with Crippen molar-refractivity contribution >= 4 is 33.6 Å². The van der Waals surface area contributed by atoms with Gasteiger partial charge in [0, 0.05) is 29.5 Å². The summed E-state index contributed by atoms with van der Waals surface area (Å²) in [7, 11) is 4.12. The fraction of sp³-hybridized carbons (Fsp3) is 0.571. The predicted molar refractivity (Wildman–Crippen MR) is 85.7 cm³/mol. The number of halogens is 1. The van der Waals surface area contributed by atoms with Gasteiger partial charge in [0.25, 0.3) is 0 Å². The van der Waals surface area contributed by atoms with Crippen molar-refractivity contribution in [3.8, 4) is 0 Å². The SMILES string of the molecule is CN(C)c1ccc(Br)cc1SN[C@H]1CC[C@@H](O)CC1. The summed E-state index contributed by atoms with van der Waals surface area (Å²) in [5.41, 5.74) is 1.22. The second-order valence-electron chi connectivity index (χ2n) is 5.23. The standard InChI is InChI=1S/C14H21BrN2OS/c1-17(2)13-8-3-10(15)9-14(13)19-16-11-4-6-12(18)7-5-11/h3,8-9,11-12,16,18H,4-7H2,1-2H3/t11-,12+. The molecule has 0 bridgehead atoms. The van der Waals surface area contributed by atoms with Gasteiger partial charge in [-0.1, -0.05) is 15.9 Å². The molecule has 0 radical (unpaired) electrons. The van der Waals surface area contributed by atoms with Crippen molar-refractivity contribution in [1.29, 1.82) is 0 Å². The van der Waals surface area contributed by atoms with Gasteiger partial charge in [-0.15, -0.1) is 0 Å². The minimum Gasteiger partial charge on any atom is -0.393 e. The molecule has 19 heavy (non-hydrogen) atoms. The zero-order valence-corrected chi connectivity index (χ0v) is 13.8. The summed E-state index contributed by atoms with van der Waals surface area (Å²) in [6.45, 7) is 0. The summed E-state index contributed by atoms with van der Waals surface area (Å²) >= 11 is 5.22. The number of anilines is 1. The van der Waals surface area contributed by atoms with E-state index in [9.17, 15) is 5.11 Å². The lowest BCUT2D eigenvalue weighted by Crippen LogP contribution is -2.30. The molecule has 1 aliphatic carbocycles. The largest absolute Gasteiger partial charge is 0.393 e. The first-order valence-corrected chi connectivity index (χ1v) is 8.24. The third kappa shape index (κ3) is 4.38. The van der Waals surface area contributed by atoms with Crippen LogP contribution in [0.1, 0.15) is 25.7 Å². The molecule has 0 heterocycles. The number of rotatable bonds is 4. The highest BCUT2D eigenvalue weighted by molar-refractivity contribution is 9.10. The van der Waals surface area contributed by atoms with Gasteiger partial charge in [-0.3, -0.25) is 4.72 Å². The summed E-state index contributed by atoms with van der Waals surface area (Å²) in [6.07, 6.45) is 3.85. The van der Waals surface area contributed by atoms with Crippen LogP contribution in [0.3, 0.4) is 0 Å². The molecular formula is C14H21BrN2OS. The molecule has 0 spiro atoms. The predicted octanol–water partition coefficient (Wildman–Crippen LogP) is 3.42. The Morgan fingerprint density at radius 1 is 1.26 bits per heavy atom. The van der Waals surface area contributed by atoms with Gasteiger partial charge in [0.2, 0.25) is 0 Å². The van der Waals surface area contributed by atoms with Gasteiger partial charge in [-0.25, -0.2) is 0 Å². The topological polar surface area (TPSA) is 35.5 Å². The van der Waals surface area contributed by atoms with Crippen molar-refractivity contribution in [3.63, 3.8) is 0 Å². The number of nitrogens with one attached hydrogen (secondary N) is 1. The van der Waals surface area contributed by atoms with Crippen LogP contribution in [0.5, 0.6) is 0 Å². The van der Waals surface area contributed by atoms with Gasteiger partial charge < -0.3 is 10.0 Å². The average molecular weight is 345 g/mol. The van der Waals surface area contributed by atoms with Crippen LogP contribution in [0, 0.1) is 0 Å². The maximum absolute atomic E-state index is 9.52. The summed E-state index contributed by atoms with van der Waals surface area (Å²) in [4.78, 5) is 3.35. The highest BCUT2D eigenvalue weighted by atomic mass is 79.9. The molecule has 0 unspecified atom stereocenters. The highest BCUT2D eigenvalue weighted by Crippen LogP contribution is 2.31. The Morgan fingerprint density at radius 2 is 1.95 bits per heavy atom. The van der Waals surface area contributed by atoms with E-state index in [2.05, 4.69) is 57.8 Å². The van der Waals surface area contributed by atoms with E-state index in [-0.39, 0.29) is 6.10 Å². The fourth-order valence-electron chi connectivity index (χ4n) is 2.28. The van der Waals surface area contributed by atoms with Crippen molar-refractivity contribution in [3.05, 3.63) is 22.7 Å². The first kappa shape index (κ1) is 15.2. The van der Waals surface area contributed by atoms with Gasteiger partial charge in [-0.05, 0) is 55.8 Å². The molecule has 0 atom stereocenters. The van der Waals surface area contributed by atoms with E-state index < -0.39 is 0 Å². The van der Waals surface area contributed by atoms with E-state index in [4.69, 9.17) is 0 Å². The monoisotopic (exact) mass is 344 g/mol. The minimum atomic E-state index is -0.0914. The Balaban J connectivity index is 1.97. The molecule has 1 aromatic rings. The van der Waals surface area contributed by atoms with E-state index in [1.54, 1.807) is 11.9 Å². The normalized spacial score (nSPS) is 23.4. The molecule has 1 fully saturated rings. The van der Waals surface area contributed by atoms with Crippen LogP contribution in [0.25, 0.3) is 0 Å². The molecule has 2 rings (SSSR count). The Labute approximate surface area is 128 Å². The maximum atomic E-state index is 9.52. The summed E-state index contributed by atoms with van der Waals surface area (Å²) in [6, 6.07) is 6.84. The molecule has 2 N–H and O–H groups in total. The number of aliphatic hydroxyl groups excluding tert-OH is 1. The average Bonchev–Trinajstić information content (AvgIpc) is 2.38. The van der Waals surface area contributed by atoms with E-state index in [0.29, 0.717) is 6.04 Å². The molecule has 0 aromatic heterocycles. The number of hydrogen-bond acceptors (Lipinski definition) is 4. The highest BCUT2D eigenvalue weighted by Gasteiger charge is 2.19. The number of nitrogens with zero attached hydrogens (tertiary/aromatic N) is 1. The quantitative estimate of drug-likeness (QED) is 0.820. The van der Waals surface area contributed by atoms with Crippen molar-refractivity contribution < 1.29 is 5.11 Å². The lowest BCUT2D eigenvalue weighted by Gasteiger charge is -2.26. The van der Waals surface area contributed by atoms with E-state index in [0.717, 1.165) is 30.2 Å². The smallest absolute Gasteiger partial charge is 0.0541 e. The Bertz CT molecular complexity index is 420. The van der Waals surface area contributed by atoms with Crippen LogP contribution in [0.15, 0.2) is 27.6 Å². The van der Waals surface area contributed by atoms with E-state index in [1.165, 1.54) is 10.6 Å². The molecular weight excluding hydrogens is 324 g/mol. The molecule has 3 nitrogen and oxygen atoms in total. The molecule has 106 valence electrons. The molecule has 0 amide bonds. The minimum absolute atomic E-state index is 0.0914. The van der Waals surface area contributed by atoms with Gasteiger partial charge in [-0.2, -0.15) is 0 Å². The van der Waals surface area contributed by atoms with Gasteiger partial charge >= 0.3 is 0 Å². The van der Waals surface area contributed by atoms with Crippen molar-refractivity contribution in [2.75, 3.05) is 19.0 Å². The molecule has 1 aliphatic rings. The molecule has 5 heteroatoms. The first-order valence-electron chi connectivity index (χ1n) is 6.63. The van der Waals surface area contributed by atoms with Crippen molar-refractivity contribution in [2.24, 2.45) is 0 Å². The Kier molecular flexibility index (Phi) is 5.57.